The van der Waals surface area contributed by atoms with E-state index in [9.17, 15) is 4.79 Å². The van der Waals surface area contributed by atoms with Crippen LogP contribution in [0.2, 0.25) is 0 Å². The maximum absolute atomic E-state index is 12.3. The molecule has 1 aromatic rings. The summed E-state index contributed by atoms with van der Waals surface area (Å²) >= 11 is 0. The third kappa shape index (κ3) is 4.42. The van der Waals surface area contributed by atoms with Gasteiger partial charge in [0.25, 0.3) is 0 Å². The van der Waals surface area contributed by atoms with Crippen molar-refractivity contribution in [3.8, 4) is 0 Å². The van der Waals surface area contributed by atoms with E-state index in [2.05, 4.69) is 40.5 Å². The topological polar surface area (TPSA) is 41.6 Å². The van der Waals surface area contributed by atoms with E-state index < -0.39 is 0 Å². The summed E-state index contributed by atoms with van der Waals surface area (Å²) in [7, 11) is 0. The molecule has 1 amide bonds. The van der Waals surface area contributed by atoms with E-state index in [0.717, 1.165) is 44.5 Å². The molecule has 1 aliphatic heterocycles. The van der Waals surface area contributed by atoms with Gasteiger partial charge in [0.1, 0.15) is 0 Å². The number of nitrogens with zero attached hydrogens (tertiary/aromatic N) is 1. The van der Waals surface area contributed by atoms with Gasteiger partial charge in [-0.3, -0.25) is 9.69 Å². The highest BCUT2D eigenvalue weighted by Gasteiger charge is 2.40. The second-order valence-electron chi connectivity index (χ2n) is 8.16. The Labute approximate surface area is 150 Å². The molecule has 25 heavy (non-hydrogen) atoms. The summed E-state index contributed by atoms with van der Waals surface area (Å²) in [6, 6.07) is 10.6. The number of carbonyl (C=O) groups excluding carboxylic acids is 1. The molecule has 1 aromatic carbocycles. The highest BCUT2D eigenvalue weighted by Crippen LogP contribution is 2.49. The summed E-state index contributed by atoms with van der Waals surface area (Å²) in [5, 5.41) is 3.13. The van der Waals surface area contributed by atoms with Crippen molar-refractivity contribution in [1.29, 1.82) is 0 Å². The summed E-state index contributed by atoms with van der Waals surface area (Å²) in [6.45, 7) is 4.21. The Morgan fingerprint density at radius 2 is 2.08 bits per heavy atom. The first-order chi connectivity index (χ1) is 12.3. The molecule has 4 heteroatoms. The Balaban J connectivity index is 1.19. The SMILES string of the molecule is O=C(C[C@H]1C[C@H]2CC[C@@H]1C2)NC[C@@H]1CN(Cc2ccccc2)CCO1. The van der Waals surface area contributed by atoms with Crippen molar-refractivity contribution in [2.24, 2.45) is 17.8 Å². The smallest absolute Gasteiger partial charge is 0.220 e. The van der Waals surface area contributed by atoms with E-state index in [-0.39, 0.29) is 12.0 Å². The largest absolute Gasteiger partial charge is 0.374 e. The summed E-state index contributed by atoms with van der Waals surface area (Å²) in [5.41, 5.74) is 1.34. The molecule has 1 heterocycles. The number of amides is 1. The van der Waals surface area contributed by atoms with Crippen molar-refractivity contribution in [2.45, 2.75) is 44.8 Å². The Morgan fingerprint density at radius 3 is 2.84 bits per heavy atom. The molecule has 3 aliphatic rings. The zero-order chi connectivity index (χ0) is 17.1. The van der Waals surface area contributed by atoms with Gasteiger partial charge in [-0.1, -0.05) is 36.8 Å². The molecule has 4 nitrogen and oxygen atoms in total. The molecule has 1 N–H and O–H groups in total. The predicted octanol–water partition coefficient (Wildman–Crippen LogP) is 2.83. The summed E-state index contributed by atoms with van der Waals surface area (Å²) < 4.78 is 5.86. The maximum atomic E-state index is 12.3. The van der Waals surface area contributed by atoms with Crippen molar-refractivity contribution in [2.75, 3.05) is 26.2 Å². The fourth-order valence-corrected chi connectivity index (χ4v) is 5.05. The first kappa shape index (κ1) is 17.0. The summed E-state index contributed by atoms with van der Waals surface area (Å²) in [4.78, 5) is 14.7. The number of benzene rings is 1. The standard InChI is InChI=1S/C21H30N2O2/c24-21(12-19-11-17-6-7-18(19)10-17)22-13-20-15-23(8-9-25-20)14-16-4-2-1-3-5-16/h1-5,17-20H,6-15H2,(H,22,24)/t17-,18+,19+,20+/m0/s1. The van der Waals surface area contributed by atoms with Gasteiger partial charge in [0.2, 0.25) is 5.91 Å². The second-order valence-corrected chi connectivity index (χ2v) is 8.16. The minimum Gasteiger partial charge on any atom is -0.374 e. The summed E-state index contributed by atoms with van der Waals surface area (Å²) in [5.74, 6) is 2.60. The Hall–Kier alpha value is -1.39. The average molecular weight is 342 g/mol. The minimum atomic E-state index is 0.112. The van der Waals surface area contributed by atoms with Crippen LogP contribution in [0.15, 0.2) is 30.3 Å². The van der Waals surface area contributed by atoms with Crippen LogP contribution < -0.4 is 5.32 Å². The van der Waals surface area contributed by atoms with Gasteiger partial charge in [-0.2, -0.15) is 0 Å². The van der Waals surface area contributed by atoms with Crippen molar-refractivity contribution in [3.05, 3.63) is 35.9 Å². The number of hydrogen-bond donors (Lipinski definition) is 1. The van der Waals surface area contributed by atoms with Crippen LogP contribution in [0.4, 0.5) is 0 Å². The number of morpholine rings is 1. The second kappa shape index (κ2) is 7.88. The number of ether oxygens (including phenoxy) is 1. The van der Waals surface area contributed by atoms with Crippen LogP contribution in [0.5, 0.6) is 0 Å². The predicted molar refractivity (Wildman–Crippen MR) is 98.0 cm³/mol. The lowest BCUT2D eigenvalue weighted by Gasteiger charge is -2.33. The third-order valence-electron chi connectivity index (χ3n) is 6.33. The number of fused-ring (bicyclic) bond motifs is 2. The van der Waals surface area contributed by atoms with Crippen LogP contribution in [0.1, 0.15) is 37.7 Å². The van der Waals surface area contributed by atoms with Crippen LogP contribution in [-0.2, 0) is 16.1 Å². The van der Waals surface area contributed by atoms with Crippen molar-refractivity contribution >= 4 is 5.91 Å². The molecule has 0 unspecified atom stereocenters. The number of carbonyl (C=O) groups is 1. The lowest BCUT2D eigenvalue weighted by atomic mass is 9.86. The molecule has 4 rings (SSSR count). The highest BCUT2D eigenvalue weighted by molar-refractivity contribution is 5.76. The lowest BCUT2D eigenvalue weighted by Crippen LogP contribution is -2.47. The van der Waals surface area contributed by atoms with Gasteiger partial charge in [-0.05, 0) is 42.6 Å². The molecular formula is C21H30N2O2. The van der Waals surface area contributed by atoms with Gasteiger partial charge in [0.15, 0.2) is 0 Å². The van der Waals surface area contributed by atoms with E-state index >= 15 is 0 Å². The zero-order valence-electron chi connectivity index (χ0n) is 15.0. The van der Waals surface area contributed by atoms with Gasteiger partial charge >= 0.3 is 0 Å². The van der Waals surface area contributed by atoms with Gasteiger partial charge in [-0.25, -0.2) is 0 Å². The van der Waals surface area contributed by atoms with Crippen molar-refractivity contribution in [1.82, 2.24) is 10.2 Å². The number of hydrogen-bond acceptors (Lipinski definition) is 3. The fraction of sp³-hybridized carbons (Fsp3) is 0.667. The normalized spacial score (nSPS) is 32.0. The van der Waals surface area contributed by atoms with Crippen LogP contribution in [-0.4, -0.2) is 43.2 Å². The van der Waals surface area contributed by atoms with E-state index in [1.54, 1.807) is 0 Å². The molecular weight excluding hydrogens is 312 g/mol. The van der Waals surface area contributed by atoms with E-state index in [1.165, 1.54) is 31.2 Å². The molecule has 1 saturated heterocycles. The highest BCUT2D eigenvalue weighted by atomic mass is 16.5. The monoisotopic (exact) mass is 342 g/mol. The average Bonchev–Trinajstić information content (AvgIpc) is 3.24. The molecule has 2 bridgehead atoms. The van der Waals surface area contributed by atoms with Crippen LogP contribution in [0, 0.1) is 17.8 Å². The van der Waals surface area contributed by atoms with Crippen LogP contribution >= 0.6 is 0 Å². The lowest BCUT2D eigenvalue weighted by molar-refractivity contribution is -0.123. The zero-order valence-corrected chi connectivity index (χ0v) is 15.0. The van der Waals surface area contributed by atoms with Gasteiger partial charge < -0.3 is 10.1 Å². The first-order valence-electron chi connectivity index (χ1n) is 9.91. The first-order valence-corrected chi connectivity index (χ1v) is 9.91. The Kier molecular flexibility index (Phi) is 5.37. The molecule has 0 aromatic heterocycles. The van der Waals surface area contributed by atoms with Gasteiger partial charge in [0, 0.05) is 32.6 Å². The number of nitrogens with one attached hydrogen (secondary N) is 1. The van der Waals surface area contributed by atoms with Crippen LogP contribution in [0.3, 0.4) is 0 Å². The molecule has 0 radical (unpaired) electrons. The van der Waals surface area contributed by atoms with Gasteiger partial charge in [0.05, 0.1) is 12.7 Å². The molecule has 136 valence electrons. The minimum absolute atomic E-state index is 0.112. The van der Waals surface area contributed by atoms with E-state index in [1.807, 2.05) is 0 Å². The molecule has 3 fully saturated rings. The summed E-state index contributed by atoms with van der Waals surface area (Å²) in [6.07, 6.45) is 6.24. The Morgan fingerprint density at radius 1 is 1.20 bits per heavy atom. The third-order valence-corrected chi connectivity index (χ3v) is 6.33. The van der Waals surface area contributed by atoms with Crippen molar-refractivity contribution < 1.29 is 9.53 Å². The van der Waals surface area contributed by atoms with E-state index in [0.29, 0.717) is 12.5 Å². The van der Waals surface area contributed by atoms with Crippen molar-refractivity contribution in [3.63, 3.8) is 0 Å². The maximum Gasteiger partial charge on any atom is 0.220 e. The van der Waals surface area contributed by atoms with E-state index in [4.69, 9.17) is 4.74 Å². The molecule has 0 spiro atoms. The quantitative estimate of drug-likeness (QED) is 0.864. The molecule has 2 saturated carbocycles. The van der Waals surface area contributed by atoms with Gasteiger partial charge in [-0.15, -0.1) is 0 Å². The molecule has 4 atom stereocenters. The van der Waals surface area contributed by atoms with Crippen LogP contribution in [0.25, 0.3) is 0 Å². The molecule has 2 aliphatic carbocycles. The fourth-order valence-electron chi connectivity index (χ4n) is 5.05. The number of rotatable bonds is 6. The Bertz CT molecular complexity index is 577.